The number of hydrogen-bond acceptors (Lipinski definition) is 1. The van der Waals surface area contributed by atoms with Gasteiger partial charge >= 0.3 is 0 Å². The summed E-state index contributed by atoms with van der Waals surface area (Å²) in [6.07, 6.45) is 3.10. The van der Waals surface area contributed by atoms with Crippen LogP contribution in [0.2, 0.25) is 0 Å². The average Bonchev–Trinajstić information content (AvgIpc) is 2.17. The van der Waals surface area contributed by atoms with Crippen LogP contribution in [0.1, 0.15) is 24.5 Å². The predicted molar refractivity (Wildman–Crippen MR) is 49.5 cm³/mol. The van der Waals surface area contributed by atoms with E-state index in [1.807, 2.05) is 6.07 Å². The van der Waals surface area contributed by atoms with Crippen LogP contribution in [0.3, 0.4) is 0 Å². The Bertz CT molecular complexity index is 313. The SMILES string of the molecule is CCC1=Cc2ccccc2CO1. The molecular formula is C11H12O. The number of allylic oxidation sites excluding steroid dienone is 1. The van der Waals surface area contributed by atoms with Gasteiger partial charge in [0.15, 0.2) is 0 Å². The molecule has 1 heterocycles. The summed E-state index contributed by atoms with van der Waals surface area (Å²) in [4.78, 5) is 0. The van der Waals surface area contributed by atoms with Crippen LogP contribution < -0.4 is 0 Å². The van der Waals surface area contributed by atoms with E-state index < -0.39 is 0 Å². The van der Waals surface area contributed by atoms with Crippen molar-refractivity contribution in [3.63, 3.8) is 0 Å². The minimum Gasteiger partial charge on any atom is -0.493 e. The van der Waals surface area contributed by atoms with Gasteiger partial charge in [-0.1, -0.05) is 31.2 Å². The number of hydrogen-bond donors (Lipinski definition) is 0. The Labute approximate surface area is 72.7 Å². The molecule has 0 saturated carbocycles. The maximum Gasteiger partial charge on any atom is 0.113 e. The molecule has 12 heavy (non-hydrogen) atoms. The third kappa shape index (κ3) is 1.22. The molecule has 0 fully saturated rings. The van der Waals surface area contributed by atoms with Gasteiger partial charge in [0.2, 0.25) is 0 Å². The van der Waals surface area contributed by atoms with E-state index in [9.17, 15) is 0 Å². The van der Waals surface area contributed by atoms with Gasteiger partial charge in [0.25, 0.3) is 0 Å². The summed E-state index contributed by atoms with van der Waals surface area (Å²) < 4.78 is 5.51. The molecule has 0 spiro atoms. The lowest BCUT2D eigenvalue weighted by Crippen LogP contribution is -2.00. The Morgan fingerprint density at radius 3 is 3.00 bits per heavy atom. The van der Waals surface area contributed by atoms with Crippen molar-refractivity contribution in [1.29, 1.82) is 0 Å². The zero-order valence-electron chi connectivity index (χ0n) is 7.21. The maximum atomic E-state index is 5.51. The minimum atomic E-state index is 0.732. The highest BCUT2D eigenvalue weighted by molar-refractivity contribution is 5.56. The largest absolute Gasteiger partial charge is 0.493 e. The summed E-state index contributed by atoms with van der Waals surface area (Å²) in [6, 6.07) is 8.35. The summed E-state index contributed by atoms with van der Waals surface area (Å²) in [5.41, 5.74) is 2.59. The zero-order valence-corrected chi connectivity index (χ0v) is 7.21. The van der Waals surface area contributed by atoms with Crippen molar-refractivity contribution < 1.29 is 4.74 Å². The highest BCUT2D eigenvalue weighted by atomic mass is 16.5. The van der Waals surface area contributed by atoms with Gasteiger partial charge in [0.1, 0.15) is 6.61 Å². The second-order valence-electron chi connectivity index (χ2n) is 2.95. The fourth-order valence-corrected chi connectivity index (χ4v) is 1.40. The van der Waals surface area contributed by atoms with Gasteiger partial charge < -0.3 is 4.74 Å². The van der Waals surface area contributed by atoms with Crippen molar-refractivity contribution >= 4 is 6.08 Å². The first kappa shape index (κ1) is 7.41. The highest BCUT2D eigenvalue weighted by Crippen LogP contribution is 2.22. The molecule has 0 aromatic heterocycles. The lowest BCUT2D eigenvalue weighted by atomic mass is 10.1. The van der Waals surface area contributed by atoms with Crippen molar-refractivity contribution in [2.75, 3.05) is 0 Å². The smallest absolute Gasteiger partial charge is 0.113 e. The molecule has 1 aliphatic rings. The van der Waals surface area contributed by atoms with Crippen LogP contribution in [-0.2, 0) is 11.3 Å². The minimum absolute atomic E-state index is 0.732. The fourth-order valence-electron chi connectivity index (χ4n) is 1.40. The molecule has 1 aliphatic heterocycles. The molecule has 1 heteroatoms. The van der Waals surface area contributed by atoms with Gasteiger partial charge in [0.05, 0.1) is 5.76 Å². The Morgan fingerprint density at radius 1 is 1.33 bits per heavy atom. The second-order valence-corrected chi connectivity index (χ2v) is 2.95. The molecule has 0 radical (unpaired) electrons. The molecule has 0 aliphatic carbocycles. The molecule has 0 amide bonds. The first-order valence-corrected chi connectivity index (χ1v) is 4.31. The van der Waals surface area contributed by atoms with Gasteiger partial charge in [-0.3, -0.25) is 0 Å². The van der Waals surface area contributed by atoms with Gasteiger partial charge in [-0.2, -0.15) is 0 Å². The van der Waals surface area contributed by atoms with E-state index in [1.54, 1.807) is 0 Å². The normalized spacial score (nSPS) is 14.6. The number of benzene rings is 1. The number of rotatable bonds is 1. The van der Waals surface area contributed by atoms with Gasteiger partial charge in [-0.05, 0) is 17.2 Å². The molecule has 0 N–H and O–H groups in total. The lowest BCUT2D eigenvalue weighted by Gasteiger charge is -2.16. The number of ether oxygens (including phenoxy) is 1. The first-order chi connectivity index (χ1) is 5.90. The molecular weight excluding hydrogens is 148 g/mol. The van der Waals surface area contributed by atoms with Gasteiger partial charge in [-0.25, -0.2) is 0 Å². The topological polar surface area (TPSA) is 9.23 Å². The van der Waals surface area contributed by atoms with Crippen LogP contribution >= 0.6 is 0 Å². The third-order valence-corrected chi connectivity index (χ3v) is 2.13. The second kappa shape index (κ2) is 3.02. The van der Waals surface area contributed by atoms with E-state index in [1.165, 1.54) is 11.1 Å². The number of fused-ring (bicyclic) bond motifs is 1. The Morgan fingerprint density at radius 2 is 2.17 bits per heavy atom. The van der Waals surface area contributed by atoms with Crippen molar-refractivity contribution in [3.05, 3.63) is 41.2 Å². The van der Waals surface area contributed by atoms with E-state index in [0.717, 1.165) is 18.8 Å². The zero-order chi connectivity index (χ0) is 8.39. The van der Waals surface area contributed by atoms with Gasteiger partial charge in [-0.15, -0.1) is 0 Å². The lowest BCUT2D eigenvalue weighted by molar-refractivity contribution is 0.190. The molecule has 0 saturated heterocycles. The van der Waals surface area contributed by atoms with E-state index >= 15 is 0 Å². The first-order valence-electron chi connectivity index (χ1n) is 4.31. The van der Waals surface area contributed by atoms with Crippen molar-refractivity contribution in [1.82, 2.24) is 0 Å². The third-order valence-electron chi connectivity index (χ3n) is 2.13. The van der Waals surface area contributed by atoms with Crippen molar-refractivity contribution in [3.8, 4) is 0 Å². The summed E-state index contributed by atoms with van der Waals surface area (Å²) in [5, 5.41) is 0. The van der Waals surface area contributed by atoms with E-state index in [4.69, 9.17) is 4.74 Å². The van der Waals surface area contributed by atoms with Gasteiger partial charge in [0, 0.05) is 6.42 Å². The van der Waals surface area contributed by atoms with Crippen LogP contribution in [0, 0.1) is 0 Å². The predicted octanol–water partition coefficient (Wildman–Crippen LogP) is 2.97. The van der Waals surface area contributed by atoms with Crippen LogP contribution in [-0.4, -0.2) is 0 Å². The summed E-state index contributed by atoms with van der Waals surface area (Å²) in [7, 11) is 0. The Kier molecular flexibility index (Phi) is 1.86. The van der Waals surface area contributed by atoms with Crippen LogP contribution in [0.5, 0.6) is 0 Å². The molecule has 2 rings (SSSR count). The summed E-state index contributed by atoms with van der Waals surface area (Å²) >= 11 is 0. The average molecular weight is 160 g/mol. The quantitative estimate of drug-likeness (QED) is 0.613. The molecule has 0 atom stereocenters. The van der Waals surface area contributed by atoms with Crippen molar-refractivity contribution in [2.24, 2.45) is 0 Å². The van der Waals surface area contributed by atoms with E-state index in [-0.39, 0.29) is 0 Å². The molecule has 0 unspecified atom stereocenters. The van der Waals surface area contributed by atoms with E-state index in [2.05, 4.69) is 31.2 Å². The highest BCUT2D eigenvalue weighted by Gasteiger charge is 2.07. The maximum absolute atomic E-state index is 5.51. The van der Waals surface area contributed by atoms with Crippen LogP contribution in [0.4, 0.5) is 0 Å². The van der Waals surface area contributed by atoms with E-state index in [0.29, 0.717) is 0 Å². The standard InChI is InChI=1S/C11H12O/c1-2-11-7-9-5-3-4-6-10(9)8-12-11/h3-7H,2,8H2,1H3. The molecule has 1 aromatic carbocycles. The summed E-state index contributed by atoms with van der Waals surface area (Å²) in [6.45, 7) is 2.84. The van der Waals surface area contributed by atoms with Crippen LogP contribution in [0.25, 0.3) is 6.08 Å². The van der Waals surface area contributed by atoms with Crippen LogP contribution in [0.15, 0.2) is 30.0 Å². The molecule has 1 aromatic rings. The summed E-state index contributed by atoms with van der Waals surface area (Å²) in [5.74, 6) is 1.09. The Hall–Kier alpha value is -1.24. The molecule has 62 valence electrons. The monoisotopic (exact) mass is 160 g/mol. The Balaban J connectivity index is 2.41. The van der Waals surface area contributed by atoms with Crippen molar-refractivity contribution in [2.45, 2.75) is 20.0 Å². The fraction of sp³-hybridized carbons (Fsp3) is 0.273. The molecule has 1 nitrogen and oxygen atoms in total. The molecule has 0 bridgehead atoms.